The van der Waals surface area contributed by atoms with Crippen LogP contribution in [-0.2, 0) is 15.6 Å². The van der Waals surface area contributed by atoms with Crippen molar-refractivity contribution < 1.29 is 8.42 Å². The first kappa shape index (κ1) is 11.5. The summed E-state index contributed by atoms with van der Waals surface area (Å²) in [6.45, 7) is 1.72. The monoisotopic (exact) mass is 224 g/mol. The van der Waals surface area contributed by atoms with Crippen LogP contribution in [-0.4, -0.2) is 14.7 Å². The number of nitrogens with zero attached hydrogens (tertiary/aromatic N) is 1. The molecule has 0 amide bonds. The maximum Gasteiger partial charge on any atom is 0.151 e. The van der Waals surface area contributed by atoms with Crippen molar-refractivity contribution in [3.05, 3.63) is 28.8 Å². The van der Waals surface area contributed by atoms with E-state index in [1.54, 1.807) is 19.1 Å². The summed E-state index contributed by atoms with van der Waals surface area (Å²) in [5, 5.41) is 8.72. The van der Waals surface area contributed by atoms with Gasteiger partial charge in [-0.05, 0) is 24.1 Å². The van der Waals surface area contributed by atoms with E-state index in [1.807, 2.05) is 6.07 Å². The summed E-state index contributed by atoms with van der Waals surface area (Å²) in [4.78, 5) is 0. The van der Waals surface area contributed by atoms with Gasteiger partial charge in [-0.25, -0.2) is 8.42 Å². The molecule has 15 heavy (non-hydrogen) atoms. The lowest BCUT2D eigenvalue weighted by molar-refractivity contribution is 0.601. The summed E-state index contributed by atoms with van der Waals surface area (Å²) in [6.07, 6.45) is 1.17. The van der Waals surface area contributed by atoms with Crippen LogP contribution in [0.5, 0.6) is 0 Å². The molecule has 0 spiro atoms. The van der Waals surface area contributed by atoms with Crippen molar-refractivity contribution in [3.63, 3.8) is 0 Å². The van der Waals surface area contributed by atoms with Crippen molar-refractivity contribution in [1.82, 2.24) is 0 Å². The molecule has 0 bridgehead atoms. The average Bonchev–Trinajstić information content (AvgIpc) is 2.11. The molecule has 0 saturated carbocycles. The van der Waals surface area contributed by atoms with E-state index in [4.69, 9.17) is 11.0 Å². The Morgan fingerprint density at radius 2 is 2.07 bits per heavy atom. The van der Waals surface area contributed by atoms with Gasteiger partial charge in [0.25, 0.3) is 0 Å². The number of nitrogen functional groups attached to an aromatic ring is 1. The quantitative estimate of drug-likeness (QED) is 0.759. The summed E-state index contributed by atoms with van der Waals surface area (Å²) >= 11 is 0. The van der Waals surface area contributed by atoms with E-state index >= 15 is 0 Å². The van der Waals surface area contributed by atoms with Crippen molar-refractivity contribution >= 4 is 15.5 Å². The molecule has 0 aromatic heterocycles. The van der Waals surface area contributed by atoms with Crippen LogP contribution in [0.1, 0.15) is 16.7 Å². The first-order chi connectivity index (χ1) is 6.85. The molecule has 80 valence electrons. The van der Waals surface area contributed by atoms with Gasteiger partial charge in [-0.2, -0.15) is 5.26 Å². The zero-order valence-corrected chi connectivity index (χ0v) is 9.43. The Bertz CT molecular complexity index is 527. The maximum atomic E-state index is 11.1. The number of nitriles is 1. The second kappa shape index (κ2) is 3.91. The van der Waals surface area contributed by atoms with Crippen LogP contribution in [0.4, 0.5) is 5.69 Å². The average molecular weight is 224 g/mol. The second-order valence-corrected chi connectivity index (χ2v) is 5.63. The number of hydrogen-bond acceptors (Lipinski definition) is 4. The van der Waals surface area contributed by atoms with Crippen LogP contribution in [0.25, 0.3) is 0 Å². The molecule has 0 aliphatic heterocycles. The van der Waals surface area contributed by atoms with Crippen LogP contribution in [0.2, 0.25) is 0 Å². The molecule has 0 fully saturated rings. The van der Waals surface area contributed by atoms with Crippen LogP contribution in [0.3, 0.4) is 0 Å². The lowest BCUT2D eigenvalue weighted by Gasteiger charge is -2.08. The van der Waals surface area contributed by atoms with Gasteiger partial charge in [-0.3, -0.25) is 0 Å². The van der Waals surface area contributed by atoms with Gasteiger partial charge in [0.2, 0.25) is 0 Å². The van der Waals surface area contributed by atoms with E-state index in [9.17, 15) is 8.42 Å². The normalized spacial score (nSPS) is 11.0. The van der Waals surface area contributed by atoms with E-state index < -0.39 is 9.84 Å². The largest absolute Gasteiger partial charge is 0.397 e. The molecular formula is C10H12N2O2S. The Morgan fingerprint density at radius 3 is 2.53 bits per heavy atom. The minimum atomic E-state index is -3.07. The second-order valence-electron chi connectivity index (χ2n) is 3.49. The van der Waals surface area contributed by atoms with Crippen LogP contribution >= 0.6 is 0 Å². The molecule has 0 aliphatic carbocycles. The number of nitrogens with two attached hydrogens (primary N) is 1. The summed E-state index contributed by atoms with van der Waals surface area (Å²) in [6, 6.07) is 5.13. The van der Waals surface area contributed by atoms with Crippen molar-refractivity contribution in [2.45, 2.75) is 12.7 Å². The molecule has 0 saturated heterocycles. The number of anilines is 1. The van der Waals surface area contributed by atoms with Gasteiger partial charge in [-0.15, -0.1) is 0 Å². The van der Waals surface area contributed by atoms with E-state index in [1.165, 1.54) is 6.26 Å². The topological polar surface area (TPSA) is 84.0 Å². The summed E-state index contributed by atoms with van der Waals surface area (Å²) in [5.41, 5.74) is 7.75. The highest BCUT2D eigenvalue weighted by Crippen LogP contribution is 2.21. The number of rotatable bonds is 2. The smallest absolute Gasteiger partial charge is 0.151 e. The third-order valence-electron chi connectivity index (χ3n) is 2.17. The van der Waals surface area contributed by atoms with E-state index in [0.717, 1.165) is 0 Å². The van der Waals surface area contributed by atoms with Crippen molar-refractivity contribution in [2.24, 2.45) is 0 Å². The number of sulfone groups is 1. The standard InChI is InChI=1S/C10H12N2O2S/c1-7-9(6-15(2,13)14)4-3-8(5-11)10(7)12/h3-4H,6,12H2,1-2H3. The van der Waals surface area contributed by atoms with Crippen molar-refractivity contribution in [2.75, 3.05) is 12.0 Å². The zero-order chi connectivity index (χ0) is 11.6. The molecular weight excluding hydrogens is 212 g/mol. The highest BCUT2D eigenvalue weighted by molar-refractivity contribution is 7.89. The predicted octanol–water partition coefficient (Wildman–Crippen LogP) is 0.994. The summed E-state index contributed by atoms with van der Waals surface area (Å²) in [5.74, 6) is -0.0469. The molecule has 1 aromatic rings. The minimum Gasteiger partial charge on any atom is -0.397 e. The highest BCUT2D eigenvalue weighted by atomic mass is 32.2. The number of benzene rings is 1. The lowest BCUT2D eigenvalue weighted by Crippen LogP contribution is -2.05. The Labute approximate surface area is 89.2 Å². The first-order valence-corrected chi connectivity index (χ1v) is 6.37. The van der Waals surface area contributed by atoms with Crippen LogP contribution in [0, 0.1) is 18.3 Å². The lowest BCUT2D eigenvalue weighted by atomic mass is 10.0. The van der Waals surface area contributed by atoms with Crippen LogP contribution < -0.4 is 5.73 Å². The molecule has 4 nitrogen and oxygen atoms in total. The summed E-state index contributed by atoms with van der Waals surface area (Å²) in [7, 11) is -3.07. The molecule has 2 N–H and O–H groups in total. The molecule has 5 heteroatoms. The Balaban J connectivity index is 3.26. The first-order valence-electron chi connectivity index (χ1n) is 4.31. The zero-order valence-electron chi connectivity index (χ0n) is 8.61. The Hall–Kier alpha value is -1.54. The van der Waals surface area contributed by atoms with Gasteiger partial charge in [0, 0.05) is 6.26 Å². The van der Waals surface area contributed by atoms with Gasteiger partial charge in [-0.1, -0.05) is 6.07 Å². The third-order valence-corrected chi connectivity index (χ3v) is 3.00. The molecule has 0 atom stereocenters. The highest BCUT2D eigenvalue weighted by Gasteiger charge is 2.11. The predicted molar refractivity (Wildman–Crippen MR) is 58.9 cm³/mol. The number of hydrogen-bond donors (Lipinski definition) is 1. The molecule has 1 rings (SSSR count). The van der Waals surface area contributed by atoms with E-state index in [2.05, 4.69) is 0 Å². The SMILES string of the molecule is Cc1c(CS(C)(=O)=O)ccc(C#N)c1N. The Kier molecular flexibility index (Phi) is 3.01. The molecule has 0 aliphatic rings. The fourth-order valence-corrected chi connectivity index (χ4v) is 2.19. The fraction of sp³-hybridized carbons (Fsp3) is 0.300. The fourth-order valence-electron chi connectivity index (χ4n) is 1.31. The third kappa shape index (κ3) is 2.70. The molecule has 1 aromatic carbocycles. The maximum absolute atomic E-state index is 11.1. The van der Waals surface area contributed by atoms with E-state index in [0.29, 0.717) is 22.4 Å². The Morgan fingerprint density at radius 1 is 1.47 bits per heavy atom. The van der Waals surface area contributed by atoms with Gasteiger partial charge in [0.05, 0.1) is 17.0 Å². The van der Waals surface area contributed by atoms with E-state index in [-0.39, 0.29) is 5.75 Å². The molecule has 0 unspecified atom stereocenters. The van der Waals surface area contributed by atoms with Gasteiger partial charge in [0.15, 0.2) is 9.84 Å². The van der Waals surface area contributed by atoms with Crippen molar-refractivity contribution in [1.29, 1.82) is 5.26 Å². The van der Waals surface area contributed by atoms with Gasteiger partial charge in [0.1, 0.15) is 6.07 Å². The van der Waals surface area contributed by atoms with Gasteiger partial charge < -0.3 is 5.73 Å². The van der Waals surface area contributed by atoms with Gasteiger partial charge >= 0.3 is 0 Å². The molecule has 0 radical (unpaired) electrons. The summed E-state index contributed by atoms with van der Waals surface area (Å²) < 4.78 is 22.2. The van der Waals surface area contributed by atoms with Crippen LogP contribution in [0.15, 0.2) is 12.1 Å². The minimum absolute atomic E-state index is 0.0469. The van der Waals surface area contributed by atoms with Crippen molar-refractivity contribution in [3.8, 4) is 6.07 Å². The molecule has 0 heterocycles.